The van der Waals surface area contributed by atoms with E-state index in [4.69, 9.17) is 14.0 Å². The van der Waals surface area contributed by atoms with Crippen LogP contribution in [0.15, 0.2) is 12.4 Å². The standard InChI is InChI=1S/C23H39BN4O5/c1-14(2)17(27-20(30)31-21(5,6)7)18(29)28(15(3)4)19-25-12-16(13-26-19)24-32-22(8,9)23(10,11)33-24/h12-15,17H,1-11H3,(H,27,30)/t17-/m0/s1. The third kappa shape index (κ3) is 6.44. The van der Waals surface area contributed by atoms with Crippen molar-refractivity contribution in [3.63, 3.8) is 0 Å². The van der Waals surface area contributed by atoms with E-state index in [1.165, 1.54) is 4.90 Å². The fourth-order valence-corrected chi connectivity index (χ4v) is 3.24. The number of ether oxygens (including phenoxy) is 1. The summed E-state index contributed by atoms with van der Waals surface area (Å²) >= 11 is 0. The highest BCUT2D eigenvalue weighted by Gasteiger charge is 2.52. The molecular weight excluding hydrogens is 423 g/mol. The number of carbonyl (C=O) groups excluding carboxylic acids is 2. The zero-order valence-corrected chi connectivity index (χ0v) is 21.8. The molecule has 2 heterocycles. The highest BCUT2D eigenvalue weighted by Crippen LogP contribution is 2.36. The molecule has 1 fully saturated rings. The summed E-state index contributed by atoms with van der Waals surface area (Å²) in [7, 11) is -0.593. The minimum atomic E-state index is -0.798. The fourth-order valence-electron chi connectivity index (χ4n) is 3.24. The summed E-state index contributed by atoms with van der Waals surface area (Å²) in [5.41, 5.74) is -0.957. The summed E-state index contributed by atoms with van der Waals surface area (Å²) < 4.78 is 17.4. The first-order valence-corrected chi connectivity index (χ1v) is 11.5. The average Bonchev–Trinajstić information content (AvgIpc) is 2.85. The predicted octanol–water partition coefficient (Wildman–Crippen LogP) is 3.07. The van der Waals surface area contributed by atoms with E-state index in [1.54, 1.807) is 33.2 Å². The Morgan fingerprint density at radius 1 is 1.03 bits per heavy atom. The van der Waals surface area contributed by atoms with Gasteiger partial charge in [-0.05, 0) is 68.2 Å². The summed E-state index contributed by atoms with van der Waals surface area (Å²) in [5, 5.41) is 2.70. The Balaban J connectivity index is 2.24. The van der Waals surface area contributed by atoms with Crippen molar-refractivity contribution in [1.29, 1.82) is 0 Å². The minimum absolute atomic E-state index is 0.171. The highest BCUT2D eigenvalue weighted by molar-refractivity contribution is 6.61. The molecule has 1 aromatic heterocycles. The molecule has 10 heteroatoms. The number of aromatic nitrogens is 2. The van der Waals surface area contributed by atoms with Crippen LogP contribution in [0.1, 0.15) is 76.2 Å². The zero-order chi connectivity index (χ0) is 25.4. The lowest BCUT2D eigenvalue weighted by molar-refractivity contribution is -0.122. The predicted molar refractivity (Wildman–Crippen MR) is 128 cm³/mol. The van der Waals surface area contributed by atoms with Crippen LogP contribution in [0.25, 0.3) is 0 Å². The van der Waals surface area contributed by atoms with Crippen LogP contribution < -0.4 is 15.7 Å². The van der Waals surface area contributed by atoms with Crippen molar-refractivity contribution in [2.45, 2.75) is 105 Å². The molecule has 0 spiro atoms. The number of nitrogens with one attached hydrogen (secondary N) is 1. The van der Waals surface area contributed by atoms with E-state index in [9.17, 15) is 9.59 Å². The summed E-state index contributed by atoms with van der Waals surface area (Å²) in [6.45, 7) is 20.7. The van der Waals surface area contributed by atoms with Gasteiger partial charge >= 0.3 is 13.2 Å². The molecule has 33 heavy (non-hydrogen) atoms. The molecule has 1 saturated heterocycles. The van der Waals surface area contributed by atoms with Crippen LogP contribution in [0.2, 0.25) is 0 Å². The van der Waals surface area contributed by atoms with Gasteiger partial charge in [-0.2, -0.15) is 0 Å². The van der Waals surface area contributed by atoms with Gasteiger partial charge in [-0.25, -0.2) is 14.8 Å². The number of hydrogen-bond acceptors (Lipinski definition) is 7. The number of hydrogen-bond donors (Lipinski definition) is 1. The first-order chi connectivity index (χ1) is 14.9. The SMILES string of the molecule is CC(C)[C@H](NC(=O)OC(C)(C)C)C(=O)N(c1ncc(B2OC(C)(C)C(C)(C)O2)cn1)C(C)C. The van der Waals surface area contributed by atoms with Gasteiger partial charge in [0.05, 0.1) is 11.2 Å². The Hall–Kier alpha value is -2.20. The monoisotopic (exact) mass is 462 g/mol. The minimum Gasteiger partial charge on any atom is -0.444 e. The van der Waals surface area contributed by atoms with E-state index in [1.807, 2.05) is 55.4 Å². The third-order valence-corrected chi connectivity index (χ3v) is 5.76. The molecule has 0 unspecified atom stereocenters. The van der Waals surface area contributed by atoms with Crippen LogP contribution >= 0.6 is 0 Å². The number of rotatable bonds is 6. The van der Waals surface area contributed by atoms with Crippen molar-refractivity contribution in [3.05, 3.63) is 12.4 Å². The first-order valence-electron chi connectivity index (χ1n) is 11.5. The van der Waals surface area contributed by atoms with Gasteiger partial charge in [0.2, 0.25) is 5.95 Å². The molecule has 0 bridgehead atoms. The van der Waals surface area contributed by atoms with Crippen LogP contribution in [-0.2, 0) is 18.8 Å². The fraction of sp³-hybridized carbons (Fsp3) is 0.739. The van der Waals surface area contributed by atoms with E-state index in [0.29, 0.717) is 5.46 Å². The Morgan fingerprint density at radius 3 is 1.91 bits per heavy atom. The smallest absolute Gasteiger partial charge is 0.444 e. The summed E-state index contributed by atoms with van der Waals surface area (Å²) in [4.78, 5) is 36.2. The van der Waals surface area contributed by atoms with Crippen LogP contribution in [0, 0.1) is 5.92 Å². The van der Waals surface area contributed by atoms with Crippen LogP contribution in [0.3, 0.4) is 0 Å². The first kappa shape index (κ1) is 27.1. The second-order valence-corrected chi connectivity index (χ2v) is 11.1. The maximum atomic E-state index is 13.5. The van der Waals surface area contributed by atoms with Gasteiger partial charge in [0.1, 0.15) is 11.6 Å². The second kappa shape index (κ2) is 9.58. The third-order valence-electron chi connectivity index (χ3n) is 5.76. The van der Waals surface area contributed by atoms with Crippen molar-refractivity contribution >= 4 is 30.5 Å². The van der Waals surface area contributed by atoms with E-state index in [-0.39, 0.29) is 23.8 Å². The van der Waals surface area contributed by atoms with Crippen LogP contribution in [0.4, 0.5) is 10.7 Å². The molecule has 1 aromatic rings. The van der Waals surface area contributed by atoms with Crippen molar-refractivity contribution < 1.29 is 23.6 Å². The van der Waals surface area contributed by atoms with Crippen molar-refractivity contribution in [3.8, 4) is 0 Å². The lowest BCUT2D eigenvalue weighted by Crippen LogP contribution is -2.54. The van der Waals surface area contributed by atoms with Crippen molar-refractivity contribution in [2.75, 3.05) is 4.90 Å². The highest BCUT2D eigenvalue weighted by atomic mass is 16.7. The topological polar surface area (TPSA) is 103 Å². The Bertz CT molecular complexity index is 833. The molecule has 1 N–H and O–H groups in total. The van der Waals surface area contributed by atoms with Gasteiger partial charge in [-0.1, -0.05) is 13.8 Å². The number of amides is 2. The number of carbonyl (C=O) groups is 2. The molecule has 0 radical (unpaired) electrons. The number of alkyl carbamates (subject to hydrolysis) is 1. The average molecular weight is 462 g/mol. The van der Waals surface area contributed by atoms with E-state index in [2.05, 4.69) is 15.3 Å². The molecule has 184 valence electrons. The van der Waals surface area contributed by atoms with Gasteiger partial charge in [0.15, 0.2) is 0 Å². The lowest BCUT2D eigenvalue weighted by Gasteiger charge is -2.32. The number of nitrogens with zero attached hydrogens (tertiary/aromatic N) is 3. The second-order valence-electron chi connectivity index (χ2n) is 11.1. The number of anilines is 1. The van der Waals surface area contributed by atoms with Gasteiger partial charge in [0.25, 0.3) is 5.91 Å². The lowest BCUT2D eigenvalue weighted by atomic mass is 9.81. The normalized spacial score (nSPS) is 18.4. The quantitative estimate of drug-likeness (QED) is 0.648. The molecule has 1 aliphatic rings. The molecule has 1 atom stereocenters. The molecular formula is C23H39BN4O5. The molecule has 0 aromatic carbocycles. The Morgan fingerprint density at radius 2 is 1.52 bits per heavy atom. The summed E-state index contributed by atoms with van der Waals surface area (Å²) in [5.74, 6) is -0.239. The summed E-state index contributed by atoms with van der Waals surface area (Å²) in [6, 6.07) is -1.03. The molecule has 0 saturated carbocycles. The largest absolute Gasteiger partial charge is 0.498 e. The van der Waals surface area contributed by atoms with Gasteiger partial charge in [-0.3, -0.25) is 9.69 Å². The molecule has 0 aliphatic carbocycles. The molecule has 9 nitrogen and oxygen atoms in total. The van der Waals surface area contributed by atoms with Gasteiger partial charge in [-0.15, -0.1) is 0 Å². The van der Waals surface area contributed by atoms with E-state index in [0.717, 1.165) is 0 Å². The Kier molecular flexibility index (Phi) is 7.85. The summed E-state index contributed by atoms with van der Waals surface area (Å²) in [6.07, 6.45) is 2.58. The maximum absolute atomic E-state index is 13.5. The Labute approximate surface area is 198 Å². The van der Waals surface area contributed by atoms with Crippen molar-refractivity contribution in [2.24, 2.45) is 5.92 Å². The maximum Gasteiger partial charge on any atom is 0.498 e. The molecule has 2 amide bonds. The van der Waals surface area contributed by atoms with Gasteiger partial charge < -0.3 is 19.4 Å². The molecule has 2 rings (SSSR count). The van der Waals surface area contributed by atoms with Gasteiger partial charge in [0, 0.05) is 23.9 Å². The van der Waals surface area contributed by atoms with Crippen molar-refractivity contribution in [1.82, 2.24) is 15.3 Å². The zero-order valence-electron chi connectivity index (χ0n) is 21.8. The van der Waals surface area contributed by atoms with E-state index >= 15 is 0 Å². The van der Waals surface area contributed by atoms with E-state index < -0.39 is 36.1 Å². The van der Waals surface area contributed by atoms with Crippen LogP contribution in [0.5, 0.6) is 0 Å². The van der Waals surface area contributed by atoms with Crippen LogP contribution in [-0.4, -0.2) is 58.0 Å². The molecule has 1 aliphatic heterocycles.